The van der Waals surface area contributed by atoms with Crippen molar-refractivity contribution in [3.8, 4) is 0 Å². The molecule has 37 heavy (non-hydrogen) atoms. The first-order valence-corrected chi connectivity index (χ1v) is 14.6. The van der Waals surface area contributed by atoms with Gasteiger partial charge in [0, 0.05) is 31.0 Å². The largest absolute Gasteiger partial charge is 0.333 e. The molecular weight excluding hydrogens is 487 g/mol. The first-order valence-electron chi connectivity index (χ1n) is 13.0. The highest BCUT2D eigenvalue weighted by atomic mass is 32.2. The number of aryl methyl sites for hydroxylation is 2. The van der Waals surface area contributed by atoms with E-state index in [9.17, 15) is 0 Å². The summed E-state index contributed by atoms with van der Waals surface area (Å²) >= 11 is 3.92. The minimum absolute atomic E-state index is 0.233. The lowest BCUT2D eigenvalue weighted by atomic mass is 9.33. The Morgan fingerprint density at radius 1 is 0.757 bits per heavy atom. The van der Waals surface area contributed by atoms with Gasteiger partial charge in [-0.3, -0.25) is 0 Å². The average Bonchev–Trinajstić information content (AvgIpc) is 2.91. The van der Waals surface area contributed by atoms with Crippen LogP contribution in [0, 0.1) is 13.8 Å². The molecule has 0 spiro atoms. The Morgan fingerprint density at radius 2 is 1.51 bits per heavy atom. The summed E-state index contributed by atoms with van der Waals surface area (Å²) in [4.78, 5) is 10.8. The predicted molar refractivity (Wildman–Crippen MR) is 159 cm³/mol. The molecule has 1 unspecified atom stereocenters. The second-order valence-corrected chi connectivity index (χ2v) is 12.9. The highest BCUT2D eigenvalue weighted by Crippen LogP contribution is 2.58. The highest BCUT2D eigenvalue weighted by Gasteiger charge is 2.49. The van der Waals surface area contributed by atoms with Crippen LogP contribution in [0.3, 0.4) is 0 Å². The number of rotatable bonds is 0. The lowest BCUT2D eigenvalue weighted by Gasteiger charge is -2.51. The van der Waals surface area contributed by atoms with Gasteiger partial charge in [0.2, 0.25) is 0 Å². The number of hydrogen-bond acceptors (Lipinski definition) is 4. The number of para-hydroxylation sites is 1. The van der Waals surface area contributed by atoms with Gasteiger partial charge in [0.05, 0.1) is 23.1 Å². The monoisotopic (exact) mass is 510 g/mol. The zero-order chi connectivity index (χ0) is 24.4. The van der Waals surface area contributed by atoms with E-state index < -0.39 is 0 Å². The Labute approximate surface area is 226 Å². The van der Waals surface area contributed by atoms with E-state index in [0.29, 0.717) is 6.04 Å². The van der Waals surface area contributed by atoms with Crippen molar-refractivity contribution in [2.45, 2.75) is 41.0 Å². The van der Waals surface area contributed by atoms with E-state index in [1.807, 2.05) is 23.5 Å². The SMILES string of the molecule is Cc1ccc2c(c1)B1c3cc(C)ccc3N3c4c(cc5c(c41)N2c1ccccc1S5)SC1=CC=CCC13. The molecule has 0 amide bonds. The normalized spacial score (nSPS) is 18.9. The summed E-state index contributed by atoms with van der Waals surface area (Å²) in [7, 11) is 0. The molecule has 0 N–H and O–H groups in total. The smallest absolute Gasteiger partial charge is 0.252 e. The summed E-state index contributed by atoms with van der Waals surface area (Å²) in [5, 5.41) is 0. The lowest BCUT2D eigenvalue weighted by Crippen LogP contribution is -2.63. The molecule has 4 aromatic rings. The van der Waals surface area contributed by atoms with E-state index in [2.05, 4.69) is 109 Å². The van der Waals surface area contributed by atoms with Crippen molar-refractivity contribution in [3.63, 3.8) is 0 Å². The number of allylic oxidation sites excluding steroid dienone is 2. The molecule has 4 aromatic carbocycles. The summed E-state index contributed by atoms with van der Waals surface area (Å²) in [6.07, 6.45) is 7.95. The zero-order valence-corrected chi connectivity index (χ0v) is 22.3. The number of anilines is 5. The maximum absolute atomic E-state index is 2.69. The first-order chi connectivity index (χ1) is 18.2. The molecule has 5 heteroatoms. The Hall–Kier alpha value is -3.28. The van der Waals surface area contributed by atoms with Crippen molar-refractivity contribution < 1.29 is 0 Å². The third-order valence-electron chi connectivity index (χ3n) is 8.43. The van der Waals surface area contributed by atoms with E-state index in [1.165, 1.54) is 75.5 Å². The van der Waals surface area contributed by atoms with Crippen LogP contribution in [0.1, 0.15) is 17.5 Å². The fraction of sp³-hybridized carbons (Fsp3) is 0.125. The van der Waals surface area contributed by atoms with Crippen LogP contribution in [-0.4, -0.2) is 12.8 Å². The molecule has 0 saturated heterocycles. The van der Waals surface area contributed by atoms with Crippen LogP contribution >= 0.6 is 23.5 Å². The molecule has 4 aliphatic heterocycles. The van der Waals surface area contributed by atoms with Crippen LogP contribution in [0.5, 0.6) is 0 Å². The van der Waals surface area contributed by atoms with Crippen LogP contribution in [0.2, 0.25) is 0 Å². The van der Waals surface area contributed by atoms with Crippen molar-refractivity contribution in [1.82, 2.24) is 0 Å². The van der Waals surface area contributed by atoms with Crippen molar-refractivity contribution in [2.24, 2.45) is 0 Å². The summed E-state index contributed by atoms with van der Waals surface area (Å²) in [5.41, 5.74) is 13.8. The summed E-state index contributed by atoms with van der Waals surface area (Å²) in [6.45, 7) is 4.70. The number of nitrogens with zero attached hydrogens (tertiary/aromatic N) is 2. The van der Waals surface area contributed by atoms with Gasteiger partial charge in [0.1, 0.15) is 0 Å². The second kappa shape index (κ2) is 7.18. The summed E-state index contributed by atoms with van der Waals surface area (Å²) < 4.78 is 0. The van der Waals surface area contributed by atoms with E-state index in [4.69, 9.17) is 0 Å². The van der Waals surface area contributed by atoms with Crippen molar-refractivity contribution in [3.05, 3.63) is 101 Å². The quantitative estimate of drug-likeness (QED) is 0.207. The Bertz CT molecular complexity index is 1770. The Balaban J connectivity index is 1.45. The van der Waals surface area contributed by atoms with Crippen LogP contribution < -0.4 is 26.2 Å². The number of fused-ring (bicyclic) bond motifs is 10. The van der Waals surface area contributed by atoms with Gasteiger partial charge in [-0.05, 0) is 67.0 Å². The molecule has 0 saturated carbocycles. The first kappa shape index (κ1) is 20.7. The minimum atomic E-state index is 0.233. The van der Waals surface area contributed by atoms with E-state index in [-0.39, 0.29) is 6.71 Å². The van der Waals surface area contributed by atoms with Gasteiger partial charge in [-0.15, -0.1) is 0 Å². The van der Waals surface area contributed by atoms with Gasteiger partial charge in [-0.2, -0.15) is 0 Å². The van der Waals surface area contributed by atoms with Crippen molar-refractivity contribution in [1.29, 1.82) is 0 Å². The van der Waals surface area contributed by atoms with E-state index in [0.717, 1.165) is 6.42 Å². The maximum Gasteiger partial charge on any atom is 0.252 e. The third kappa shape index (κ3) is 2.61. The topological polar surface area (TPSA) is 6.48 Å². The molecule has 0 aromatic heterocycles. The lowest BCUT2D eigenvalue weighted by molar-refractivity contribution is 0.762. The van der Waals surface area contributed by atoms with Gasteiger partial charge in [0.15, 0.2) is 0 Å². The molecule has 0 radical (unpaired) electrons. The number of thioether (sulfide) groups is 1. The van der Waals surface area contributed by atoms with Crippen LogP contribution in [0.15, 0.2) is 105 Å². The molecule has 4 heterocycles. The number of hydrogen-bond donors (Lipinski definition) is 0. The molecule has 0 bridgehead atoms. The van der Waals surface area contributed by atoms with Crippen LogP contribution in [0.25, 0.3) is 0 Å². The van der Waals surface area contributed by atoms with E-state index >= 15 is 0 Å². The van der Waals surface area contributed by atoms with Gasteiger partial charge in [0.25, 0.3) is 6.71 Å². The standard InChI is InChI=1S/C32H23BN2S2/c1-18-11-13-22-20(15-18)33-21-16-19(2)12-14-23(21)35-25-8-4-6-10-27(25)37-29-17-28-31(30(33)32(29)35)34(22)24-7-3-5-9-26(24)36-28/h3-7,9-17,25H,8H2,1-2H3. The number of benzene rings is 4. The van der Waals surface area contributed by atoms with Crippen molar-refractivity contribution in [2.75, 3.05) is 9.80 Å². The molecule has 0 fully saturated rings. The fourth-order valence-corrected chi connectivity index (χ4v) is 9.39. The fourth-order valence-electron chi connectivity index (χ4n) is 6.97. The molecule has 1 atom stereocenters. The molecular formula is C32H23BN2S2. The average molecular weight is 510 g/mol. The zero-order valence-electron chi connectivity index (χ0n) is 20.7. The Kier molecular flexibility index (Phi) is 4.03. The second-order valence-electron chi connectivity index (χ2n) is 10.7. The summed E-state index contributed by atoms with van der Waals surface area (Å²) in [5.74, 6) is 0. The highest BCUT2D eigenvalue weighted by molar-refractivity contribution is 8.03. The van der Waals surface area contributed by atoms with Gasteiger partial charge in [-0.25, -0.2) is 0 Å². The minimum Gasteiger partial charge on any atom is -0.333 e. The van der Waals surface area contributed by atoms with Crippen LogP contribution in [-0.2, 0) is 0 Å². The Morgan fingerprint density at radius 3 is 2.38 bits per heavy atom. The molecule has 2 nitrogen and oxygen atoms in total. The molecule has 5 aliphatic rings. The van der Waals surface area contributed by atoms with E-state index in [1.54, 1.807) is 0 Å². The predicted octanol–water partition coefficient (Wildman–Crippen LogP) is 6.84. The van der Waals surface area contributed by atoms with Crippen molar-refractivity contribution >= 4 is 75.1 Å². The molecule has 9 rings (SSSR count). The van der Waals surface area contributed by atoms with Crippen LogP contribution in [0.4, 0.5) is 28.4 Å². The molecule has 1 aliphatic carbocycles. The van der Waals surface area contributed by atoms with Gasteiger partial charge >= 0.3 is 0 Å². The third-order valence-corrected chi connectivity index (χ3v) is 10.7. The summed E-state index contributed by atoms with van der Waals surface area (Å²) in [6, 6.07) is 26.0. The molecule has 176 valence electrons. The maximum atomic E-state index is 2.69. The van der Waals surface area contributed by atoms with Gasteiger partial charge < -0.3 is 9.80 Å². The van der Waals surface area contributed by atoms with Gasteiger partial charge in [-0.1, -0.05) is 89.3 Å².